The zero-order valence-corrected chi connectivity index (χ0v) is 17.2. The number of para-hydroxylation sites is 2. The average molecular weight is 420 g/mol. The van der Waals surface area contributed by atoms with E-state index in [4.69, 9.17) is 10.00 Å². The van der Waals surface area contributed by atoms with Crippen LogP contribution in [0.15, 0.2) is 54.6 Å². The number of carbonyl (C=O) groups is 3. The first-order valence-corrected chi connectivity index (χ1v) is 10.1. The molecule has 2 N–H and O–H groups in total. The molecular formula is C23H24N4O4. The SMILES string of the molecule is C[C@H](OC(=O)C1CCN(C(=O)Nc2ccccc2)CC1)C(=O)Nc1ccccc1C#N. The number of benzene rings is 2. The Hall–Kier alpha value is -3.86. The Kier molecular flexibility index (Phi) is 7.22. The van der Waals surface area contributed by atoms with Gasteiger partial charge in [0.25, 0.3) is 5.91 Å². The van der Waals surface area contributed by atoms with E-state index in [0.717, 1.165) is 0 Å². The Morgan fingerprint density at radius 2 is 1.68 bits per heavy atom. The summed E-state index contributed by atoms with van der Waals surface area (Å²) < 4.78 is 5.34. The Balaban J connectivity index is 1.46. The van der Waals surface area contributed by atoms with Crippen LogP contribution in [0, 0.1) is 17.2 Å². The molecular weight excluding hydrogens is 396 g/mol. The van der Waals surface area contributed by atoms with E-state index in [1.54, 1.807) is 29.2 Å². The molecule has 3 amide bonds. The van der Waals surface area contributed by atoms with Gasteiger partial charge in [-0.1, -0.05) is 30.3 Å². The molecule has 1 atom stereocenters. The van der Waals surface area contributed by atoms with E-state index in [1.165, 1.54) is 6.92 Å². The maximum Gasteiger partial charge on any atom is 0.321 e. The van der Waals surface area contributed by atoms with Gasteiger partial charge in [-0.2, -0.15) is 5.26 Å². The number of rotatable bonds is 5. The van der Waals surface area contributed by atoms with E-state index in [-0.39, 0.29) is 11.9 Å². The summed E-state index contributed by atoms with van der Waals surface area (Å²) >= 11 is 0. The minimum atomic E-state index is -1.00. The summed E-state index contributed by atoms with van der Waals surface area (Å²) in [6.45, 7) is 2.34. The van der Waals surface area contributed by atoms with E-state index in [2.05, 4.69) is 10.6 Å². The monoisotopic (exact) mass is 420 g/mol. The minimum Gasteiger partial charge on any atom is -0.452 e. The zero-order valence-electron chi connectivity index (χ0n) is 17.2. The zero-order chi connectivity index (χ0) is 22.2. The number of carbonyl (C=O) groups excluding carboxylic acids is 3. The number of piperidine rings is 1. The van der Waals surface area contributed by atoms with Gasteiger partial charge in [0.15, 0.2) is 6.10 Å². The second-order valence-corrected chi connectivity index (χ2v) is 7.28. The first-order chi connectivity index (χ1) is 15.0. The van der Waals surface area contributed by atoms with E-state index >= 15 is 0 Å². The van der Waals surface area contributed by atoms with Gasteiger partial charge in [-0.3, -0.25) is 9.59 Å². The lowest BCUT2D eigenvalue weighted by Gasteiger charge is -2.31. The number of amides is 3. The van der Waals surface area contributed by atoms with Gasteiger partial charge in [-0.05, 0) is 44.0 Å². The molecule has 0 radical (unpaired) electrons. The molecule has 1 heterocycles. The number of hydrogen-bond donors (Lipinski definition) is 2. The molecule has 8 heteroatoms. The van der Waals surface area contributed by atoms with E-state index < -0.39 is 18.0 Å². The van der Waals surface area contributed by atoms with Crippen molar-refractivity contribution in [3.63, 3.8) is 0 Å². The van der Waals surface area contributed by atoms with Crippen molar-refractivity contribution in [2.75, 3.05) is 23.7 Å². The van der Waals surface area contributed by atoms with Crippen LogP contribution < -0.4 is 10.6 Å². The van der Waals surface area contributed by atoms with Gasteiger partial charge >= 0.3 is 12.0 Å². The van der Waals surface area contributed by atoms with Crippen LogP contribution in [-0.2, 0) is 14.3 Å². The summed E-state index contributed by atoms with van der Waals surface area (Å²) in [6.07, 6.45) is -0.0714. The van der Waals surface area contributed by atoms with E-state index in [1.807, 2.05) is 36.4 Å². The largest absolute Gasteiger partial charge is 0.452 e. The maximum absolute atomic E-state index is 12.5. The van der Waals surface area contributed by atoms with E-state index in [0.29, 0.717) is 42.9 Å². The third-order valence-electron chi connectivity index (χ3n) is 5.11. The molecule has 2 aromatic rings. The third-order valence-corrected chi connectivity index (χ3v) is 5.11. The molecule has 0 bridgehead atoms. The van der Waals surface area contributed by atoms with Crippen molar-refractivity contribution in [2.45, 2.75) is 25.9 Å². The first kappa shape index (κ1) is 21.8. The molecule has 1 fully saturated rings. The molecule has 0 saturated carbocycles. The summed E-state index contributed by atoms with van der Waals surface area (Å²) in [7, 11) is 0. The number of esters is 1. The van der Waals surface area contributed by atoms with Crippen LogP contribution in [0.3, 0.4) is 0 Å². The van der Waals surface area contributed by atoms with Gasteiger partial charge in [0.1, 0.15) is 6.07 Å². The van der Waals surface area contributed by atoms with Crippen LogP contribution in [0.25, 0.3) is 0 Å². The Morgan fingerprint density at radius 1 is 1.03 bits per heavy atom. The van der Waals surface area contributed by atoms with Crippen LogP contribution in [0.2, 0.25) is 0 Å². The smallest absolute Gasteiger partial charge is 0.321 e. The lowest BCUT2D eigenvalue weighted by atomic mass is 9.97. The Morgan fingerprint density at radius 3 is 2.35 bits per heavy atom. The molecule has 1 aliphatic rings. The normalized spacial score (nSPS) is 14.8. The van der Waals surface area contributed by atoms with Crippen LogP contribution in [0.4, 0.5) is 16.2 Å². The first-order valence-electron chi connectivity index (χ1n) is 10.1. The number of nitrogens with one attached hydrogen (secondary N) is 2. The van der Waals surface area contributed by atoms with Crippen molar-refractivity contribution in [1.82, 2.24) is 4.90 Å². The second kappa shape index (κ2) is 10.3. The molecule has 160 valence electrons. The number of nitriles is 1. The highest BCUT2D eigenvalue weighted by molar-refractivity contribution is 5.96. The highest BCUT2D eigenvalue weighted by Gasteiger charge is 2.30. The highest BCUT2D eigenvalue weighted by atomic mass is 16.5. The molecule has 0 unspecified atom stereocenters. The minimum absolute atomic E-state index is 0.207. The van der Waals surface area contributed by atoms with Gasteiger partial charge in [-0.25, -0.2) is 4.79 Å². The quantitative estimate of drug-likeness (QED) is 0.721. The Labute approximate surface area is 180 Å². The van der Waals surface area contributed by atoms with Crippen molar-refractivity contribution in [3.05, 3.63) is 60.2 Å². The number of ether oxygens (including phenoxy) is 1. The summed E-state index contributed by atoms with van der Waals surface area (Å²) in [5, 5.41) is 14.6. The molecule has 0 spiro atoms. The van der Waals surface area contributed by atoms with Crippen molar-refractivity contribution >= 4 is 29.3 Å². The maximum atomic E-state index is 12.5. The van der Waals surface area contributed by atoms with Crippen LogP contribution >= 0.6 is 0 Å². The van der Waals surface area contributed by atoms with Gasteiger partial charge < -0.3 is 20.3 Å². The lowest BCUT2D eigenvalue weighted by Crippen LogP contribution is -2.43. The standard InChI is InChI=1S/C23H24N4O4/c1-16(21(28)26-20-10-6-5-7-18(20)15-24)31-22(29)17-11-13-27(14-12-17)23(30)25-19-8-3-2-4-9-19/h2-10,16-17H,11-14H2,1H3,(H,25,30)(H,26,28)/t16-/m0/s1. The fraction of sp³-hybridized carbons (Fsp3) is 0.304. The molecule has 2 aromatic carbocycles. The van der Waals surface area contributed by atoms with E-state index in [9.17, 15) is 14.4 Å². The average Bonchev–Trinajstić information content (AvgIpc) is 2.80. The van der Waals surface area contributed by atoms with Crippen molar-refractivity contribution in [1.29, 1.82) is 5.26 Å². The molecule has 0 aromatic heterocycles. The fourth-order valence-electron chi connectivity index (χ4n) is 3.29. The van der Waals surface area contributed by atoms with Crippen molar-refractivity contribution in [3.8, 4) is 6.07 Å². The predicted molar refractivity (Wildman–Crippen MR) is 115 cm³/mol. The topological polar surface area (TPSA) is 112 Å². The number of nitrogens with zero attached hydrogens (tertiary/aromatic N) is 2. The number of urea groups is 1. The molecule has 31 heavy (non-hydrogen) atoms. The summed E-state index contributed by atoms with van der Waals surface area (Å²) in [4.78, 5) is 38.9. The van der Waals surface area contributed by atoms with Crippen LogP contribution in [0.5, 0.6) is 0 Å². The van der Waals surface area contributed by atoms with Gasteiger partial charge in [-0.15, -0.1) is 0 Å². The third kappa shape index (κ3) is 5.82. The van der Waals surface area contributed by atoms with Crippen LogP contribution in [0.1, 0.15) is 25.3 Å². The van der Waals surface area contributed by atoms with Crippen molar-refractivity contribution in [2.24, 2.45) is 5.92 Å². The van der Waals surface area contributed by atoms with Crippen molar-refractivity contribution < 1.29 is 19.1 Å². The van der Waals surface area contributed by atoms with Gasteiger partial charge in [0.2, 0.25) is 0 Å². The molecule has 0 aliphatic carbocycles. The Bertz CT molecular complexity index is 979. The summed E-state index contributed by atoms with van der Waals surface area (Å²) in [5.41, 5.74) is 1.41. The van der Waals surface area contributed by atoms with Crippen LogP contribution in [-0.4, -0.2) is 42.0 Å². The molecule has 8 nitrogen and oxygen atoms in total. The number of hydrogen-bond acceptors (Lipinski definition) is 5. The number of anilines is 2. The highest BCUT2D eigenvalue weighted by Crippen LogP contribution is 2.21. The predicted octanol–water partition coefficient (Wildman–Crippen LogP) is 3.37. The number of likely N-dealkylation sites (tertiary alicyclic amines) is 1. The van der Waals surface area contributed by atoms with Gasteiger partial charge in [0, 0.05) is 18.8 Å². The summed E-state index contributed by atoms with van der Waals surface area (Å²) in [5.74, 6) is -1.34. The summed E-state index contributed by atoms with van der Waals surface area (Å²) in [6, 6.07) is 17.6. The molecule has 1 aliphatic heterocycles. The van der Waals surface area contributed by atoms with Gasteiger partial charge in [0.05, 0.1) is 17.2 Å². The molecule has 3 rings (SSSR count). The lowest BCUT2D eigenvalue weighted by molar-refractivity contribution is -0.158. The second-order valence-electron chi connectivity index (χ2n) is 7.28. The fourth-order valence-corrected chi connectivity index (χ4v) is 3.29. The molecule has 1 saturated heterocycles.